The van der Waals surface area contributed by atoms with Gasteiger partial charge in [0.1, 0.15) is 6.04 Å². The van der Waals surface area contributed by atoms with E-state index in [9.17, 15) is 9.90 Å². The first-order valence-electron chi connectivity index (χ1n) is 6.12. The van der Waals surface area contributed by atoms with Gasteiger partial charge in [0.25, 0.3) is 0 Å². The second-order valence-corrected chi connectivity index (χ2v) is 8.10. The van der Waals surface area contributed by atoms with Crippen LogP contribution in [0.15, 0.2) is 30.3 Å². The van der Waals surface area contributed by atoms with Crippen molar-refractivity contribution in [2.24, 2.45) is 0 Å². The van der Waals surface area contributed by atoms with E-state index in [1.165, 1.54) is 15.0 Å². The van der Waals surface area contributed by atoms with Crippen molar-refractivity contribution in [3.8, 4) is 0 Å². The monoisotopic (exact) mass is 293 g/mol. The quantitative estimate of drug-likeness (QED) is 0.890. The first kappa shape index (κ1) is 13.0. The van der Waals surface area contributed by atoms with E-state index in [1.54, 1.807) is 23.1 Å². The number of carboxylic acids is 1. The van der Waals surface area contributed by atoms with Gasteiger partial charge in [-0.25, -0.2) is 0 Å². The van der Waals surface area contributed by atoms with Gasteiger partial charge in [0.2, 0.25) is 0 Å². The van der Waals surface area contributed by atoms with Crippen LogP contribution in [0.3, 0.4) is 0 Å². The molecule has 0 spiro atoms. The SMILES string of the molecule is CC1(C)SC(c2cc3ccccc3s2)NC1C(=O)O. The molecule has 1 fully saturated rings. The lowest BCUT2D eigenvalue weighted by Crippen LogP contribution is -2.43. The van der Waals surface area contributed by atoms with Crippen molar-refractivity contribution < 1.29 is 9.90 Å². The molecule has 0 bridgehead atoms. The lowest BCUT2D eigenvalue weighted by molar-refractivity contribution is -0.139. The van der Waals surface area contributed by atoms with Gasteiger partial charge in [-0.15, -0.1) is 23.1 Å². The molecular weight excluding hydrogens is 278 g/mol. The number of hydrogen-bond acceptors (Lipinski definition) is 4. The van der Waals surface area contributed by atoms with Crippen LogP contribution in [0.25, 0.3) is 10.1 Å². The molecule has 1 aliphatic heterocycles. The van der Waals surface area contributed by atoms with Crippen LogP contribution in [-0.2, 0) is 4.79 Å². The van der Waals surface area contributed by atoms with Gasteiger partial charge in [-0.3, -0.25) is 10.1 Å². The van der Waals surface area contributed by atoms with Crippen molar-refractivity contribution in [3.63, 3.8) is 0 Å². The number of carbonyl (C=O) groups is 1. The number of nitrogens with one attached hydrogen (secondary N) is 1. The minimum absolute atomic E-state index is 0.0634. The molecule has 100 valence electrons. The molecule has 1 aromatic heterocycles. The highest BCUT2D eigenvalue weighted by Gasteiger charge is 2.45. The van der Waals surface area contributed by atoms with E-state index < -0.39 is 12.0 Å². The van der Waals surface area contributed by atoms with Gasteiger partial charge in [0.05, 0.1) is 5.37 Å². The Labute approximate surface area is 120 Å². The molecule has 19 heavy (non-hydrogen) atoms. The number of carboxylic acid groups (broad SMARTS) is 1. The summed E-state index contributed by atoms with van der Waals surface area (Å²) in [4.78, 5) is 12.5. The molecule has 3 nitrogen and oxygen atoms in total. The van der Waals surface area contributed by atoms with Crippen molar-refractivity contribution >= 4 is 39.2 Å². The largest absolute Gasteiger partial charge is 0.480 e. The summed E-state index contributed by atoms with van der Waals surface area (Å²) in [5.74, 6) is -0.777. The molecule has 2 aromatic rings. The van der Waals surface area contributed by atoms with Gasteiger partial charge in [0.15, 0.2) is 0 Å². The molecule has 0 radical (unpaired) electrons. The Kier molecular flexibility index (Phi) is 3.08. The third-order valence-corrected chi connectivity index (χ3v) is 6.18. The third-order valence-electron chi connectivity index (χ3n) is 3.38. The molecule has 5 heteroatoms. The molecule has 1 aliphatic rings. The zero-order valence-electron chi connectivity index (χ0n) is 10.7. The molecular formula is C14H15NO2S2. The van der Waals surface area contributed by atoms with Gasteiger partial charge in [-0.2, -0.15) is 0 Å². The van der Waals surface area contributed by atoms with Gasteiger partial charge in [-0.05, 0) is 31.4 Å². The fourth-order valence-electron chi connectivity index (χ4n) is 2.40. The summed E-state index contributed by atoms with van der Waals surface area (Å²) in [6.45, 7) is 3.97. The zero-order chi connectivity index (χ0) is 13.6. The number of hydrogen-bond donors (Lipinski definition) is 2. The maximum atomic E-state index is 11.3. The number of rotatable bonds is 2. The molecule has 1 saturated heterocycles. The van der Waals surface area contributed by atoms with Crippen LogP contribution in [0.5, 0.6) is 0 Å². The molecule has 1 aromatic carbocycles. The van der Waals surface area contributed by atoms with Gasteiger partial charge < -0.3 is 5.11 Å². The maximum Gasteiger partial charge on any atom is 0.322 e. The Balaban J connectivity index is 1.93. The van der Waals surface area contributed by atoms with E-state index in [-0.39, 0.29) is 10.1 Å². The van der Waals surface area contributed by atoms with Crippen LogP contribution in [0.2, 0.25) is 0 Å². The Bertz CT molecular complexity index is 602. The number of aliphatic carboxylic acids is 1. The summed E-state index contributed by atoms with van der Waals surface area (Å²) in [6.07, 6.45) is 0. The Morgan fingerprint density at radius 2 is 2.11 bits per heavy atom. The van der Waals surface area contributed by atoms with Crippen molar-refractivity contribution in [2.45, 2.75) is 30.0 Å². The van der Waals surface area contributed by atoms with E-state index in [4.69, 9.17) is 0 Å². The van der Waals surface area contributed by atoms with Crippen LogP contribution in [-0.4, -0.2) is 21.9 Å². The van der Waals surface area contributed by atoms with Crippen molar-refractivity contribution in [1.29, 1.82) is 0 Å². The van der Waals surface area contributed by atoms with Gasteiger partial charge >= 0.3 is 5.97 Å². The Morgan fingerprint density at radius 3 is 2.74 bits per heavy atom. The van der Waals surface area contributed by atoms with Crippen LogP contribution < -0.4 is 5.32 Å². The van der Waals surface area contributed by atoms with E-state index in [0.29, 0.717) is 0 Å². The molecule has 0 aliphatic carbocycles. The number of thioether (sulfide) groups is 1. The van der Waals surface area contributed by atoms with Crippen LogP contribution in [0.4, 0.5) is 0 Å². The number of fused-ring (bicyclic) bond motifs is 1. The van der Waals surface area contributed by atoms with Crippen molar-refractivity contribution in [1.82, 2.24) is 5.32 Å². The first-order chi connectivity index (χ1) is 8.97. The van der Waals surface area contributed by atoms with Gasteiger partial charge in [-0.1, -0.05) is 18.2 Å². The smallest absolute Gasteiger partial charge is 0.322 e. The second kappa shape index (κ2) is 4.51. The van der Waals surface area contributed by atoms with Crippen LogP contribution in [0, 0.1) is 0 Å². The lowest BCUT2D eigenvalue weighted by atomic mass is 10.0. The lowest BCUT2D eigenvalue weighted by Gasteiger charge is -2.20. The summed E-state index contributed by atoms with van der Waals surface area (Å²) < 4.78 is 0.948. The maximum absolute atomic E-state index is 11.3. The fourth-order valence-corrected chi connectivity index (χ4v) is 4.99. The molecule has 2 atom stereocenters. The van der Waals surface area contributed by atoms with Crippen molar-refractivity contribution in [2.75, 3.05) is 0 Å². The third kappa shape index (κ3) is 2.26. The topological polar surface area (TPSA) is 49.3 Å². The van der Waals surface area contributed by atoms with E-state index in [2.05, 4.69) is 23.5 Å². The summed E-state index contributed by atoms with van der Waals surface area (Å²) >= 11 is 3.42. The second-order valence-electron chi connectivity index (χ2n) is 5.23. The standard InChI is InChI=1S/C14H15NO2S2/c1-14(2)11(13(16)17)15-12(19-14)10-7-8-5-3-4-6-9(8)18-10/h3-7,11-12,15H,1-2H3,(H,16,17). The molecule has 0 amide bonds. The van der Waals surface area contributed by atoms with Gasteiger partial charge in [0, 0.05) is 14.3 Å². The predicted octanol–water partition coefficient (Wildman–Crippen LogP) is 3.47. The van der Waals surface area contributed by atoms with E-state index in [0.717, 1.165) is 0 Å². The fraction of sp³-hybridized carbons (Fsp3) is 0.357. The predicted molar refractivity (Wildman–Crippen MR) is 80.8 cm³/mol. The number of benzene rings is 1. The van der Waals surface area contributed by atoms with E-state index in [1.807, 2.05) is 26.0 Å². The average molecular weight is 293 g/mol. The highest BCUT2D eigenvalue weighted by atomic mass is 32.2. The summed E-state index contributed by atoms with van der Waals surface area (Å²) in [7, 11) is 0. The van der Waals surface area contributed by atoms with E-state index >= 15 is 0 Å². The molecule has 2 N–H and O–H groups in total. The molecule has 3 rings (SSSR count). The summed E-state index contributed by atoms with van der Waals surface area (Å²) in [6, 6.07) is 9.90. The highest BCUT2D eigenvalue weighted by Crippen LogP contribution is 2.48. The minimum Gasteiger partial charge on any atom is -0.480 e. The summed E-state index contributed by atoms with van der Waals surface area (Å²) in [5.41, 5.74) is 0. The van der Waals surface area contributed by atoms with Crippen LogP contribution in [0.1, 0.15) is 24.1 Å². The number of thiophene rings is 1. The minimum atomic E-state index is -0.777. The zero-order valence-corrected chi connectivity index (χ0v) is 12.3. The normalized spacial score (nSPS) is 25.8. The molecule has 2 unspecified atom stereocenters. The molecule has 0 saturated carbocycles. The first-order valence-corrected chi connectivity index (χ1v) is 7.82. The van der Waals surface area contributed by atoms with Crippen LogP contribution >= 0.6 is 23.1 Å². The summed E-state index contributed by atoms with van der Waals surface area (Å²) in [5, 5.41) is 13.8. The highest BCUT2D eigenvalue weighted by molar-refractivity contribution is 8.01. The Morgan fingerprint density at radius 1 is 1.37 bits per heavy atom. The van der Waals surface area contributed by atoms with Crippen molar-refractivity contribution in [3.05, 3.63) is 35.2 Å². The Hall–Kier alpha value is -1.04. The molecule has 2 heterocycles. The average Bonchev–Trinajstić information content (AvgIpc) is 2.88.